The second kappa shape index (κ2) is 11.7. The molecule has 1 saturated heterocycles. The van der Waals surface area contributed by atoms with Crippen LogP contribution in [-0.4, -0.2) is 68.0 Å². The number of hydrogen-bond acceptors (Lipinski definition) is 7. The number of aliphatic carboxylic acids is 1. The van der Waals surface area contributed by atoms with Gasteiger partial charge in [-0.1, -0.05) is 29.8 Å². The summed E-state index contributed by atoms with van der Waals surface area (Å²) >= 11 is 5.98. The molecular formula is C34H35ClFN5O4. The van der Waals surface area contributed by atoms with Crippen LogP contribution in [0, 0.1) is 5.82 Å². The standard InChI is InChI=1S/C34H35ClFN5O4/c1-3-40-16-13-37-30(40)20-41-28-17-22(33(42)43)7-10-27(28)38-31(41)19-39-14-11-21(12-15-39)24-5-4-6-29-32(24)45-34(2,44-29)25-9-8-23(35)18-26(25)36/h4-10,13,16-18,21,27-28H,3,11-12,14-15,19-20H2,1-2H3,(H,42,43). The first-order chi connectivity index (χ1) is 21.7. The molecule has 4 heterocycles. The number of amidine groups is 1. The normalized spacial score (nSPS) is 24.5. The van der Waals surface area contributed by atoms with Gasteiger partial charge in [0.2, 0.25) is 0 Å². The van der Waals surface area contributed by atoms with E-state index in [1.54, 1.807) is 31.3 Å². The SMILES string of the molecule is CCn1ccnc1CN1C(CN2CCC(c3cccc4c3OC(C)(c3ccc(Cl)cc3F)O4)CC2)=NC2C=CC(C(=O)O)=CC21. The summed E-state index contributed by atoms with van der Waals surface area (Å²) < 4.78 is 29.5. The van der Waals surface area contributed by atoms with E-state index in [4.69, 9.17) is 26.1 Å². The number of benzene rings is 2. The van der Waals surface area contributed by atoms with Crippen molar-refractivity contribution in [2.24, 2.45) is 4.99 Å². The van der Waals surface area contributed by atoms with E-state index in [2.05, 4.69) is 32.3 Å². The summed E-state index contributed by atoms with van der Waals surface area (Å²) in [5.41, 5.74) is 1.65. The van der Waals surface area contributed by atoms with Crippen LogP contribution in [0.4, 0.5) is 4.39 Å². The Morgan fingerprint density at radius 2 is 2.00 bits per heavy atom. The number of carbonyl (C=O) groups is 1. The van der Waals surface area contributed by atoms with Crippen molar-refractivity contribution in [1.82, 2.24) is 19.4 Å². The molecule has 234 valence electrons. The minimum Gasteiger partial charge on any atom is -0.478 e. The molecule has 7 rings (SSSR count). The number of aliphatic imine (C=N–C) groups is 1. The van der Waals surface area contributed by atoms with E-state index in [0.29, 0.717) is 35.2 Å². The third-order valence-electron chi connectivity index (χ3n) is 9.29. The monoisotopic (exact) mass is 631 g/mol. The van der Waals surface area contributed by atoms with Crippen molar-refractivity contribution < 1.29 is 23.8 Å². The third-order valence-corrected chi connectivity index (χ3v) is 9.52. The number of piperidine rings is 1. The lowest BCUT2D eigenvalue weighted by atomic mass is 9.88. The number of aromatic nitrogens is 2. The van der Waals surface area contributed by atoms with Crippen molar-refractivity contribution >= 4 is 23.4 Å². The van der Waals surface area contributed by atoms with Gasteiger partial charge in [-0.3, -0.25) is 9.89 Å². The van der Waals surface area contributed by atoms with Crippen LogP contribution in [0.2, 0.25) is 5.02 Å². The summed E-state index contributed by atoms with van der Waals surface area (Å²) in [6.07, 6.45) is 11.0. The average Bonchev–Trinajstić information content (AvgIpc) is 3.72. The Kier molecular flexibility index (Phi) is 7.65. The molecule has 1 N–H and O–H groups in total. The van der Waals surface area contributed by atoms with Crippen LogP contribution in [-0.2, 0) is 23.7 Å². The zero-order valence-electron chi connectivity index (χ0n) is 25.2. The van der Waals surface area contributed by atoms with E-state index in [1.807, 2.05) is 30.5 Å². The molecule has 45 heavy (non-hydrogen) atoms. The average molecular weight is 632 g/mol. The van der Waals surface area contributed by atoms with Gasteiger partial charge >= 0.3 is 5.97 Å². The molecule has 0 amide bonds. The maximum Gasteiger partial charge on any atom is 0.335 e. The molecule has 9 nitrogen and oxygen atoms in total. The van der Waals surface area contributed by atoms with Crippen LogP contribution in [0.3, 0.4) is 0 Å². The zero-order valence-corrected chi connectivity index (χ0v) is 26.0. The summed E-state index contributed by atoms with van der Waals surface area (Å²) in [6.45, 7) is 7.55. The zero-order chi connectivity index (χ0) is 31.3. The molecule has 1 fully saturated rings. The van der Waals surface area contributed by atoms with Gasteiger partial charge in [-0.15, -0.1) is 0 Å². The van der Waals surface area contributed by atoms with Crippen LogP contribution in [0.1, 0.15) is 49.6 Å². The van der Waals surface area contributed by atoms with Gasteiger partial charge in [0.15, 0.2) is 11.5 Å². The van der Waals surface area contributed by atoms with Crippen LogP contribution >= 0.6 is 11.6 Å². The fourth-order valence-electron chi connectivity index (χ4n) is 6.91. The fraction of sp³-hybridized carbons (Fsp3) is 0.382. The molecule has 2 aromatic carbocycles. The Bertz CT molecular complexity index is 1730. The maximum absolute atomic E-state index is 14.9. The first kappa shape index (κ1) is 29.6. The van der Waals surface area contributed by atoms with Gasteiger partial charge in [-0.05, 0) is 75.2 Å². The van der Waals surface area contributed by atoms with Crippen molar-refractivity contribution in [2.45, 2.75) is 63.6 Å². The van der Waals surface area contributed by atoms with E-state index < -0.39 is 17.6 Å². The number of carboxylic acid groups (broad SMARTS) is 1. The molecule has 0 bridgehead atoms. The Balaban J connectivity index is 1.06. The summed E-state index contributed by atoms with van der Waals surface area (Å²) in [5.74, 6) is 0.706. The summed E-state index contributed by atoms with van der Waals surface area (Å²) in [6, 6.07) is 10.1. The molecule has 4 aliphatic rings. The molecule has 1 aliphatic carbocycles. The first-order valence-electron chi connectivity index (χ1n) is 15.4. The number of nitrogens with zero attached hydrogens (tertiary/aromatic N) is 5. The molecule has 0 radical (unpaired) electrons. The van der Waals surface area contributed by atoms with E-state index >= 15 is 0 Å². The van der Waals surface area contributed by atoms with E-state index in [-0.39, 0.29) is 23.6 Å². The lowest BCUT2D eigenvalue weighted by molar-refractivity contribution is -0.132. The second-order valence-corrected chi connectivity index (χ2v) is 12.5. The van der Waals surface area contributed by atoms with Gasteiger partial charge < -0.3 is 24.0 Å². The van der Waals surface area contributed by atoms with E-state index in [0.717, 1.165) is 49.7 Å². The highest BCUT2D eigenvalue weighted by atomic mass is 35.5. The first-order valence-corrected chi connectivity index (χ1v) is 15.8. The second-order valence-electron chi connectivity index (χ2n) is 12.1. The minimum atomic E-state index is -1.29. The Labute approximate surface area is 266 Å². The number of rotatable bonds is 8. The van der Waals surface area contributed by atoms with Crippen molar-refractivity contribution in [3.05, 3.63) is 100 Å². The number of imidazole rings is 1. The number of ether oxygens (including phenoxy) is 2. The summed E-state index contributed by atoms with van der Waals surface area (Å²) in [5, 5.41) is 9.98. The Morgan fingerprint density at radius 3 is 2.76 bits per heavy atom. The molecule has 11 heteroatoms. The van der Waals surface area contributed by atoms with Crippen LogP contribution in [0.25, 0.3) is 0 Å². The lowest BCUT2D eigenvalue weighted by Gasteiger charge is -2.35. The van der Waals surface area contributed by atoms with Gasteiger partial charge in [0.05, 0.1) is 36.3 Å². The van der Waals surface area contributed by atoms with Gasteiger partial charge in [0, 0.05) is 36.4 Å². The molecule has 3 unspecified atom stereocenters. The predicted molar refractivity (Wildman–Crippen MR) is 168 cm³/mol. The van der Waals surface area contributed by atoms with Gasteiger partial charge in [-0.2, -0.15) is 0 Å². The van der Waals surface area contributed by atoms with Crippen LogP contribution in [0.15, 0.2) is 77.6 Å². The molecule has 3 aromatic rings. The van der Waals surface area contributed by atoms with Crippen molar-refractivity contribution in [3.8, 4) is 11.5 Å². The summed E-state index contributed by atoms with van der Waals surface area (Å²) in [4.78, 5) is 26.0. The molecule has 3 atom stereocenters. The highest BCUT2D eigenvalue weighted by molar-refractivity contribution is 6.30. The number of para-hydroxylation sites is 1. The van der Waals surface area contributed by atoms with Crippen molar-refractivity contribution in [2.75, 3.05) is 19.6 Å². The Hall–Kier alpha value is -4.15. The van der Waals surface area contributed by atoms with Crippen molar-refractivity contribution in [1.29, 1.82) is 0 Å². The third kappa shape index (κ3) is 5.50. The molecule has 3 aliphatic heterocycles. The number of halogens is 2. The predicted octanol–water partition coefficient (Wildman–Crippen LogP) is 5.75. The number of hydrogen-bond donors (Lipinski definition) is 1. The molecular weight excluding hydrogens is 597 g/mol. The fourth-order valence-corrected chi connectivity index (χ4v) is 7.07. The minimum absolute atomic E-state index is 0.130. The van der Waals surface area contributed by atoms with E-state index in [9.17, 15) is 14.3 Å². The summed E-state index contributed by atoms with van der Waals surface area (Å²) in [7, 11) is 0. The van der Waals surface area contributed by atoms with Gasteiger partial charge in [0.25, 0.3) is 5.79 Å². The van der Waals surface area contributed by atoms with Crippen molar-refractivity contribution in [3.63, 3.8) is 0 Å². The quantitative estimate of drug-likeness (QED) is 0.338. The largest absolute Gasteiger partial charge is 0.478 e. The Morgan fingerprint density at radius 1 is 1.18 bits per heavy atom. The highest BCUT2D eigenvalue weighted by Gasteiger charge is 2.43. The molecule has 0 saturated carbocycles. The topological polar surface area (TPSA) is 92.4 Å². The highest BCUT2D eigenvalue weighted by Crippen LogP contribution is 2.49. The smallest absolute Gasteiger partial charge is 0.335 e. The van der Waals surface area contributed by atoms with Crippen LogP contribution < -0.4 is 9.47 Å². The van der Waals surface area contributed by atoms with Gasteiger partial charge in [0.1, 0.15) is 17.5 Å². The lowest BCUT2D eigenvalue weighted by Crippen LogP contribution is -2.45. The van der Waals surface area contributed by atoms with Gasteiger partial charge in [-0.25, -0.2) is 14.2 Å². The molecule has 1 aromatic heterocycles. The number of fused-ring (bicyclic) bond motifs is 2. The number of carboxylic acids is 1. The molecule has 0 spiro atoms. The van der Waals surface area contributed by atoms with Crippen LogP contribution in [0.5, 0.6) is 11.5 Å². The number of likely N-dealkylation sites (tertiary alicyclic amines) is 1. The number of aryl methyl sites for hydroxylation is 1. The van der Waals surface area contributed by atoms with E-state index in [1.165, 1.54) is 6.07 Å². The maximum atomic E-state index is 14.9.